The van der Waals surface area contributed by atoms with Crippen molar-refractivity contribution in [1.82, 2.24) is 15.3 Å². The number of nitrogens with zero attached hydrogens (tertiary/aromatic N) is 2. The maximum atomic E-state index is 11.7. The van der Waals surface area contributed by atoms with Crippen LogP contribution in [0.2, 0.25) is 0 Å². The normalized spacial score (nSPS) is 22.5. The van der Waals surface area contributed by atoms with E-state index in [9.17, 15) is 9.59 Å². The molecule has 1 aliphatic carbocycles. The number of carbonyl (C=O) groups is 2. The molecule has 1 fully saturated rings. The summed E-state index contributed by atoms with van der Waals surface area (Å²) in [4.78, 5) is 30.1. The molecule has 102 valence electrons. The molecule has 2 rings (SSSR count). The lowest BCUT2D eigenvalue weighted by molar-refractivity contribution is -0.142. The fraction of sp³-hybridized carbons (Fsp3) is 0.500. The molecular weight excluding hydrogens is 248 g/mol. The van der Waals surface area contributed by atoms with Gasteiger partial charge in [-0.2, -0.15) is 0 Å². The number of hydrogen-bond acceptors (Lipinski definition) is 4. The molecular formula is C12H16N4O3. The quantitative estimate of drug-likeness (QED) is 0.762. The van der Waals surface area contributed by atoms with Crippen molar-refractivity contribution in [2.45, 2.75) is 31.7 Å². The molecule has 1 saturated carbocycles. The first-order chi connectivity index (χ1) is 9.15. The van der Waals surface area contributed by atoms with Gasteiger partial charge in [0.2, 0.25) is 0 Å². The number of aromatic nitrogens is 2. The first-order valence-corrected chi connectivity index (χ1v) is 6.20. The van der Waals surface area contributed by atoms with Gasteiger partial charge < -0.3 is 15.7 Å². The second-order valence-corrected chi connectivity index (χ2v) is 4.61. The summed E-state index contributed by atoms with van der Waals surface area (Å²) in [5.41, 5.74) is 0.527. The minimum atomic E-state index is -0.746. The van der Waals surface area contributed by atoms with Crippen LogP contribution in [0.1, 0.15) is 25.7 Å². The number of rotatable bonds is 3. The van der Waals surface area contributed by atoms with Crippen LogP contribution < -0.4 is 10.6 Å². The lowest BCUT2D eigenvalue weighted by Crippen LogP contribution is -2.41. The summed E-state index contributed by atoms with van der Waals surface area (Å²) >= 11 is 0. The van der Waals surface area contributed by atoms with Gasteiger partial charge in [-0.25, -0.2) is 14.8 Å². The minimum Gasteiger partial charge on any atom is -0.481 e. The van der Waals surface area contributed by atoms with Gasteiger partial charge in [0.05, 0.1) is 24.0 Å². The number of aliphatic carboxylic acids is 1. The molecule has 3 N–H and O–H groups in total. The van der Waals surface area contributed by atoms with Gasteiger partial charge in [-0.1, -0.05) is 0 Å². The van der Waals surface area contributed by atoms with Gasteiger partial charge in [-0.05, 0) is 25.7 Å². The highest BCUT2D eigenvalue weighted by atomic mass is 16.4. The molecule has 0 spiro atoms. The van der Waals surface area contributed by atoms with E-state index < -0.39 is 5.97 Å². The zero-order valence-corrected chi connectivity index (χ0v) is 10.4. The molecule has 0 unspecified atom stereocenters. The SMILES string of the molecule is O=C(Nc1cncnc1)NC1CCC(C(=O)O)CC1. The number of nitrogens with one attached hydrogen (secondary N) is 2. The zero-order chi connectivity index (χ0) is 13.7. The molecule has 1 aromatic rings. The Hall–Kier alpha value is -2.18. The van der Waals surface area contributed by atoms with E-state index in [2.05, 4.69) is 20.6 Å². The standard InChI is InChI=1S/C12H16N4O3/c17-11(18)8-1-3-9(4-2-8)15-12(19)16-10-5-13-7-14-6-10/h5-9H,1-4H2,(H,17,18)(H2,15,16,19). The van der Waals surface area contributed by atoms with Gasteiger partial charge in [0.25, 0.3) is 0 Å². The van der Waals surface area contributed by atoms with Gasteiger partial charge >= 0.3 is 12.0 Å². The Morgan fingerprint density at radius 2 is 1.79 bits per heavy atom. The van der Waals surface area contributed by atoms with E-state index in [1.54, 1.807) is 0 Å². The molecule has 1 aliphatic rings. The second-order valence-electron chi connectivity index (χ2n) is 4.61. The van der Waals surface area contributed by atoms with E-state index in [4.69, 9.17) is 5.11 Å². The van der Waals surface area contributed by atoms with Crippen LogP contribution in [0, 0.1) is 5.92 Å². The number of carboxylic acids is 1. The number of carboxylic acid groups (broad SMARTS) is 1. The average Bonchev–Trinajstić information content (AvgIpc) is 2.40. The Morgan fingerprint density at radius 3 is 2.37 bits per heavy atom. The van der Waals surface area contributed by atoms with E-state index >= 15 is 0 Å². The largest absolute Gasteiger partial charge is 0.481 e. The minimum absolute atomic E-state index is 0.0280. The molecule has 0 aromatic carbocycles. The predicted octanol–water partition coefficient (Wildman–Crippen LogP) is 1.24. The third-order valence-corrected chi connectivity index (χ3v) is 3.23. The third kappa shape index (κ3) is 3.90. The van der Waals surface area contributed by atoms with Crippen LogP contribution in [0.4, 0.5) is 10.5 Å². The summed E-state index contributed by atoms with van der Waals surface area (Å²) in [6, 6.07) is -0.284. The van der Waals surface area contributed by atoms with Crippen molar-refractivity contribution in [2.24, 2.45) is 5.92 Å². The van der Waals surface area contributed by atoms with Gasteiger partial charge in [-0.15, -0.1) is 0 Å². The van der Waals surface area contributed by atoms with Crippen LogP contribution in [0.25, 0.3) is 0 Å². The van der Waals surface area contributed by atoms with Crippen molar-refractivity contribution < 1.29 is 14.7 Å². The zero-order valence-electron chi connectivity index (χ0n) is 10.4. The van der Waals surface area contributed by atoms with E-state index in [1.165, 1.54) is 18.7 Å². The molecule has 0 saturated heterocycles. The van der Waals surface area contributed by atoms with Crippen LogP contribution in [-0.2, 0) is 4.79 Å². The first kappa shape index (κ1) is 13.3. The van der Waals surface area contributed by atoms with Gasteiger partial charge in [0.15, 0.2) is 0 Å². The van der Waals surface area contributed by atoms with Crippen LogP contribution in [0.5, 0.6) is 0 Å². The van der Waals surface area contributed by atoms with Crippen molar-refractivity contribution in [2.75, 3.05) is 5.32 Å². The highest BCUT2D eigenvalue weighted by Crippen LogP contribution is 2.24. The molecule has 0 radical (unpaired) electrons. The van der Waals surface area contributed by atoms with Crippen LogP contribution >= 0.6 is 0 Å². The van der Waals surface area contributed by atoms with E-state index in [0.717, 1.165) is 0 Å². The topological polar surface area (TPSA) is 104 Å². The smallest absolute Gasteiger partial charge is 0.319 e. The summed E-state index contributed by atoms with van der Waals surface area (Å²) in [5.74, 6) is -1.02. The van der Waals surface area contributed by atoms with Crippen molar-refractivity contribution in [3.8, 4) is 0 Å². The van der Waals surface area contributed by atoms with Crippen molar-refractivity contribution in [1.29, 1.82) is 0 Å². The van der Waals surface area contributed by atoms with Gasteiger partial charge in [-0.3, -0.25) is 4.79 Å². The third-order valence-electron chi connectivity index (χ3n) is 3.23. The van der Waals surface area contributed by atoms with Crippen molar-refractivity contribution >= 4 is 17.7 Å². The molecule has 0 atom stereocenters. The monoisotopic (exact) mass is 264 g/mol. The summed E-state index contributed by atoms with van der Waals surface area (Å²) in [7, 11) is 0. The second kappa shape index (κ2) is 6.12. The van der Waals surface area contributed by atoms with E-state index in [0.29, 0.717) is 31.4 Å². The van der Waals surface area contributed by atoms with E-state index in [-0.39, 0.29) is 18.0 Å². The number of anilines is 1. The summed E-state index contributed by atoms with van der Waals surface area (Å²) in [5, 5.41) is 14.3. The highest BCUT2D eigenvalue weighted by Gasteiger charge is 2.26. The average molecular weight is 264 g/mol. The molecule has 7 heteroatoms. The van der Waals surface area contributed by atoms with Gasteiger partial charge in [0.1, 0.15) is 6.33 Å². The maximum Gasteiger partial charge on any atom is 0.319 e. The summed E-state index contributed by atoms with van der Waals surface area (Å²) < 4.78 is 0. The Balaban J connectivity index is 1.76. The fourth-order valence-electron chi connectivity index (χ4n) is 2.20. The molecule has 0 aliphatic heterocycles. The summed E-state index contributed by atoms with van der Waals surface area (Å²) in [6.07, 6.45) is 6.99. The molecule has 2 amide bonds. The number of hydrogen-bond donors (Lipinski definition) is 3. The van der Waals surface area contributed by atoms with Gasteiger partial charge in [0, 0.05) is 6.04 Å². The fourth-order valence-corrected chi connectivity index (χ4v) is 2.20. The van der Waals surface area contributed by atoms with E-state index in [1.807, 2.05) is 0 Å². The lowest BCUT2D eigenvalue weighted by atomic mass is 9.86. The van der Waals surface area contributed by atoms with Crippen LogP contribution in [0.3, 0.4) is 0 Å². The van der Waals surface area contributed by atoms with Crippen LogP contribution in [0.15, 0.2) is 18.7 Å². The Morgan fingerprint density at radius 1 is 1.16 bits per heavy atom. The number of carbonyl (C=O) groups excluding carboxylic acids is 1. The lowest BCUT2D eigenvalue weighted by Gasteiger charge is -2.26. The highest BCUT2D eigenvalue weighted by molar-refractivity contribution is 5.89. The Kier molecular flexibility index (Phi) is 4.27. The molecule has 19 heavy (non-hydrogen) atoms. The Labute approximate surface area is 110 Å². The van der Waals surface area contributed by atoms with Crippen molar-refractivity contribution in [3.05, 3.63) is 18.7 Å². The molecule has 1 aromatic heterocycles. The summed E-state index contributed by atoms with van der Waals surface area (Å²) in [6.45, 7) is 0. The molecule has 7 nitrogen and oxygen atoms in total. The number of amides is 2. The maximum absolute atomic E-state index is 11.7. The predicted molar refractivity (Wildman–Crippen MR) is 67.6 cm³/mol. The first-order valence-electron chi connectivity index (χ1n) is 6.20. The molecule has 0 bridgehead atoms. The van der Waals surface area contributed by atoms with Crippen LogP contribution in [-0.4, -0.2) is 33.1 Å². The number of urea groups is 1. The Bertz CT molecular complexity index is 444. The molecule has 1 heterocycles. The van der Waals surface area contributed by atoms with Crippen molar-refractivity contribution in [3.63, 3.8) is 0 Å².